The van der Waals surface area contributed by atoms with E-state index in [9.17, 15) is 14.0 Å². The van der Waals surface area contributed by atoms with Crippen LogP contribution in [-0.4, -0.2) is 12.5 Å². The molecule has 0 aliphatic carbocycles. The van der Waals surface area contributed by atoms with Crippen molar-refractivity contribution >= 4 is 27.8 Å². The zero-order valence-corrected chi connectivity index (χ0v) is 16.2. The van der Waals surface area contributed by atoms with Crippen molar-refractivity contribution in [2.75, 3.05) is 6.54 Å². The van der Waals surface area contributed by atoms with Crippen LogP contribution in [0, 0.1) is 19.7 Å². The van der Waals surface area contributed by atoms with E-state index in [2.05, 4.69) is 5.32 Å². The van der Waals surface area contributed by atoms with Crippen molar-refractivity contribution in [3.63, 3.8) is 0 Å². The van der Waals surface area contributed by atoms with Crippen LogP contribution in [0.1, 0.15) is 22.3 Å². The summed E-state index contributed by atoms with van der Waals surface area (Å²) in [4.78, 5) is 24.8. The first-order chi connectivity index (χ1) is 13.9. The molecule has 1 N–H and O–H groups in total. The van der Waals surface area contributed by atoms with Crippen molar-refractivity contribution in [3.8, 4) is 0 Å². The van der Waals surface area contributed by atoms with Crippen LogP contribution in [0.25, 0.3) is 21.9 Å². The number of halogens is 1. The Labute approximate surface area is 166 Å². The van der Waals surface area contributed by atoms with E-state index in [1.165, 1.54) is 12.1 Å². The van der Waals surface area contributed by atoms with Crippen LogP contribution in [-0.2, 0) is 17.6 Å². The number of carbonyl (C=O) groups is 1. The smallest absolute Gasteiger partial charge is 0.340 e. The summed E-state index contributed by atoms with van der Waals surface area (Å²) < 4.78 is 24.1. The Kier molecular flexibility index (Phi) is 4.92. The molecule has 2 aromatic carbocycles. The molecule has 0 saturated carbocycles. The number of aryl methyl sites for hydroxylation is 2. The largest absolute Gasteiger partial charge is 0.464 e. The summed E-state index contributed by atoms with van der Waals surface area (Å²) in [5.74, 6) is -0.586. The Morgan fingerprint density at radius 2 is 1.93 bits per heavy atom. The van der Waals surface area contributed by atoms with Crippen molar-refractivity contribution in [2.24, 2.45) is 0 Å². The maximum Gasteiger partial charge on any atom is 0.340 e. The van der Waals surface area contributed by atoms with Gasteiger partial charge in [0.2, 0.25) is 5.91 Å². The number of benzene rings is 2. The number of nitrogens with one attached hydrogen (secondary N) is 1. The first kappa shape index (κ1) is 18.9. The second kappa shape index (κ2) is 7.54. The summed E-state index contributed by atoms with van der Waals surface area (Å²) in [5, 5.41) is 4.51. The van der Waals surface area contributed by atoms with Gasteiger partial charge in [-0.1, -0.05) is 12.1 Å². The van der Waals surface area contributed by atoms with Gasteiger partial charge >= 0.3 is 5.63 Å². The molecule has 0 bridgehead atoms. The molecule has 2 heterocycles. The summed E-state index contributed by atoms with van der Waals surface area (Å²) in [6.45, 7) is 4.12. The van der Waals surface area contributed by atoms with E-state index in [1.54, 1.807) is 24.5 Å². The summed E-state index contributed by atoms with van der Waals surface area (Å²) in [7, 11) is 0. The first-order valence-corrected chi connectivity index (χ1v) is 9.37. The molecule has 5 nitrogen and oxygen atoms in total. The number of rotatable bonds is 5. The molecule has 29 heavy (non-hydrogen) atoms. The van der Waals surface area contributed by atoms with Crippen LogP contribution < -0.4 is 10.9 Å². The monoisotopic (exact) mass is 393 g/mol. The summed E-state index contributed by atoms with van der Waals surface area (Å²) in [6.07, 6.45) is 2.09. The lowest BCUT2D eigenvalue weighted by Gasteiger charge is -2.09. The van der Waals surface area contributed by atoms with Crippen LogP contribution in [0.2, 0.25) is 0 Å². The minimum absolute atomic E-state index is 0.0737. The third-order valence-corrected chi connectivity index (χ3v) is 5.14. The minimum Gasteiger partial charge on any atom is -0.464 e. The topological polar surface area (TPSA) is 72.5 Å². The van der Waals surface area contributed by atoms with E-state index >= 15 is 0 Å². The van der Waals surface area contributed by atoms with E-state index in [0.29, 0.717) is 29.7 Å². The molecule has 0 aliphatic heterocycles. The van der Waals surface area contributed by atoms with Crippen LogP contribution in [0.15, 0.2) is 56.3 Å². The van der Waals surface area contributed by atoms with E-state index in [4.69, 9.17) is 8.83 Å². The van der Waals surface area contributed by atoms with Gasteiger partial charge < -0.3 is 14.2 Å². The van der Waals surface area contributed by atoms with Gasteiger partial charge in [0.15, 0.2) is 0 Å². The normalized spacial score (nSPS) is 11.3. The van der Waals surface area contributed by atoms with E-state index in [-0.39, 0.29) is 18.1 Å². The standard InChI is InChI=1S/C23H20FNO4/c1-13-12-28-20-11-21-18(9-17(13)20)14(2)19(23(27)29-21)10-22(26)25-7-6-15-4-3-5-16(24)8-15/h3-5,8-9,11-12H,6-7,10H2,1-2H3,(H,25,26). The van der Waals surface area contributed by atoms with Crippen molar-refractivity contribution in [3.05, 3.63) is 81.2 Å². The average Bonchev–Trinajstić information content (AvgIpc) is 3.04. The lowest BCUT2D eigenvalue weighted by atomic mass is 10.0. The molecule has 6 heteroatoms. The maximum absolute atomic E-state index is 13.2. The lowest BCUT2D eigenvalue weighted by Crippen LogP contribution is -2.29. The predicted octanol–water partition coefficient (Wildman–Crippen LogP) is 4.20. The van der Waals surface area contributed by atoms with Crippen molar-refractivity contribution in [1.29, 1.82) is 0 Å². The lowest BCUT2D eigenvalue weighted by molar-refractivity contribution is -0.120. The summed E-state index contributed by atoms with van der Waals surface area (Å²) >= 11 is 0. The van der Waals surface area contributed by atoms with Gasteiger partial charge in [-0.05, 0) is 55.2 Å². The van der Waals surface area contributed by atoms with Gasteiger partial charge in [-0.15, -0.1) is 0 Å². The van der Waals surface area contributed by atoms with Gasteiger partial charge in [0.05, 0.1) is 18.2 Å². The Morgan fingerprint density at radius 3 is 2.72 bits per heavy atom. The molecule has 0 radical (unpaired) electrons. The summed E-state index contributed by atoms with van der Waals surface area (Å²) in [5.41, 5.74) is 3.40. The van der Waals surface area contributed by atoms with E-state index in [0.717, 1.165) is 27.5 Å². The van der Waals surface area contributed by atoms with Gasteiger partial charge in [0, 0.05) is 23.4 Å². The molecule has 0 unspecified atom stereocenters. The maximum atomic E-state index is 13.2. The molecular weight excluding hydrogens is 373 g/mol. The number of furan rings is 1. The van der Waals surface area contributed by atoms with Crippen LogP contribution in [0.3, 0.4) is 0 Å². The molecule has 1 amide bonds. The average molecular weight is 393 g/mol. The highest BCUT2D eigenvalue weighted by atomic mass is 19.1. The molecule has 0 aliphatic rings. The Bertz CT molecular complexity index is 1290. The number of hydrogen-bond donors (Lipinski definition) is 1. The van der Waals surface area contributed by atoms with E-state index < -0.39 is 5.63 Å². The molecule has 0 atom stereocenters. The first-order valence-electron chi connectivity index (χ1n) is 9.37. The zero-order valence-electron chi connectivity index (χ0n) is 16.2. The minimum atomic E-state index is -0.530. The van der Waals surface area contributed by atoms with Crippen molar-refractivity contribution in [2.45, 2.75) is 26.7 Å². The van der Waals surface area contributed by atoms with Gasteiger partial charge in [0.1, 0.15) is 17.0 Å². The van der Waals surface area contributed by atoms with Crippen molar-refractivity contribution < 1.29 is 18.0 Å². The predicted molar refractivity (Wildman–Crippen MR) is 109 cm³/mol. The molecule has 0 fully saturated rings. The molecular formula is C23H20FNO4. The van der Waals surface area contributed by atoms with Crippen LogP contribution in [0.5, 0.6) is 0 Å². The van der Waals surface area contributed by atoms with Gasteiger partial charge in [-0.25, -0.2) is 9.18 Å². The fourth-order valence-corrected chi connectivity index (χ4v) is 3.50. The molecule has 4 aromatic rings. The fourth-order valence-electron chi connectivity index (χ4n) is 3.50. The number of hydrogen-bond acceptors (Lipinski definition) is 4. The molecule has 2 aromatic heterocycles. The third-order valence-electron chi connectivity index (χ3n) is 5.14. The highest BCUT2D eigenvalue weighted by Gasteiger charge is 2.16. The Hall–Kier alpha value is -3.41. The van der Waals surface area contributed by atoms with Crippen molar-refractivity contribution in [1.82, 2.24) is 5.32 Å². The molecule has 0 saturated heterocycles. The molecule has 148 valence electrons. The third kappa shape index (κ3) is 3.78. The molecule has 4 rings (SSSR count). The highest BCUT2D eigenvalue weighted by molar-refractivity contribution is 5.96. The SMILES string of the molecule is Cc1coc2cc3oc(=O)c(CC(=O)NCCc4cccc(F)c4)c(C)c3cc12. The quantitative estimate of drug-likeness (QED) is 0.516. The fraction of sp³-hybridized carbons (Fsp3) is 0.217. The molecule has 0 spiro atoms. The number of amides is 1. The van der Waals surface area contributed by atoms with Gasteiger partial charge in [-0.2, -0.15) is 0 Å². The Morgan fingerprint density at radius 1 is 1.10 bits per heavy atom. The zero-order chi connectivity index (χ0) is 20.5. The van der Waals surface area contributed by atoms with Crippen LogP contribution in [0.4, 0.5) is 4.39 Å². The second-order valence-electron chi connectivity index (χ2n) is 7.16. The van der Waals surface area contributed by atoms with E-state index in [1.807, 2.05) is 19.9 Å². The Balaban J connectivity index is 1.53. The number of carbonyl (C=O) groups excluding carboxylic acids is 1. The number of fused-ring (bicyclic) bond motifs is 2. The van der Waals surface area contributed by atoms with Gasteiger partial charge in [0.25, 0.3) is 0 Å². The highest BCUT2D eigenvalue weighted by Crippen LogP contribution is 2.28. The summed E-state index contributed by atoms with van der Waals surface area (Å²) in [6, 6.07) is 9.88. The second-order valence-corrected chi connectivity index (χ2v) is 7.16. The van der Waals surface area contributed by atoms with Gasteiger partial charge in [-0.3, -0.25) is 4.79 Å². The van der Waals surface area contributed by atoms with Crippen LogP contribution >= 0.6 is 0 Å².